The normalized spacial score (nSPS) is 32.1. The zero-order chi connectivity index (χ0) is 10.3. The van der Waals surface area contributed by atoms with Crippen LogP contribution in [0.25, 0.3) is 0 Å². The summed E-state index contributed by atoms with van der Waals surface area (Å²) < 4.78 is 10.1. The average Bonchev–Trinajstić information content (AvgIpc) is 2.93. The first-order valence-electron chi connectivity index (χ1n) is 5.26. The number of allylic oxidation sites excluding steroid dienone is 2. The molecule has 78 valence electrons. The van der Waals surface area contributed by atoms with Gasteiger partial charge in [-0.05, 0) is 30.7 Å². The van der Waals surface area contributed by atoms with Crippen molar-refractivity contribution >= 4 is 5.97 Å². The number of esters is 1. The van der Waals surface area contributed by atoms with Gasteiger partial charge in [-0.25, -0.2) is 0 Å². The minimum atomic E-state index is -0.151. The summed E-state index contributed by atoms with van der Waals surface area (Å²) >= 11 is 0. The van der Waals surface area contributed by atoms with E-state index >= 15 is 0 Å². The molecule has 0 amide bonds. The summed E-state index contributed by atoms with van der Waals surface area (Å²) in [4.78, 5) is 11.8. The Hall–Kier alpha value is -1.51. The zero-order valence-corrected chi connectivity index (χ0v) is 8.26. The molecule has 1 fully saturated rings. The maximum atomic E-state index is 11.8. The maximum Gasteiger partial charge on any atom is 0.317 e. The topological polar surface area (TPSA) is 39.4 Å². The fourth-order valence-corrected chi connectivity index (χ4v) is 2.55. The maximum absolute atomic E-state index is 11.8. The minimum Gasteiger partial charge on any atom is -0.434 e. The number of rotatable bonds is 2. The van der Waals surface area contributed by atoms with Gasteiger partial charge in [-0.15, -0.1) is 0 Å². The fraction of sp³-hybridized carbons (Fsp3) is 0.417. The molecule has 1 aromatic heterocycles. The van der Waals surface area contributed by atoms with Crippen LogP contribution in [-0.2, 0) is 4.79 Å². The zero-order valence-electron chi connectivity index (χ0n) is 8.26. The van der Waals surface area contributed by atoms with Gasteiger partial charge in [0.25, 0.3) is 5.95 Å². The van der Waals surface area contributed by atoms with Crippen LogP contribution >= 0.6 is 0 Å². The van der Waals surface area contributed by atoms with E-state index in [1.807, 2.05) is 0 Å². The van der Waals surface area contributed by atoms with E-state index in [1.54, 1.807) is 12.1 Å². The van der Waals surface area contributed by atoms with Crippen LogP contribution in [0.15, 0.2) is 35.0 Å². The first-order valence-corrected chi connectivity index (χ1v) is 5.26. The number of carbonyl (C=O) groups excluding carboxylic acids is 1. The molecule has 2 aliphatic carbocycles. The average molecular weight is 204 g/mol. The van der Waals surface area contributed by atoms with E-state index in [-0.39, 0.29) is 11.9 Å². The SMILES string of the molecule is O=C(Oc1ccco1)[C@@H]1C[C@H]2C=C[C@H]1C2. The second kappa shape index (κ2) is 3.26. The Labute approximate surface area is 87.7 Å². The highest BCUT2D eigenvalue weighted by Crippen LogP contribution is 2.43. The molecular weight excluding hydrogens is 192 g/mol. The van der Waals surface area contributed by atoms with Crippen molar-refractivity contribution < 1.29 is 13.9 Å². The van der Waals surface area contributed by atoms with E-state index in [2.05, 4.69) is 12.2 Å². The van der Waals surface area contributed by atoms with Crippen LogP contribution < -0.4 is 4.74 Å². The van der Waals surface area contributed by atoms with Crippen molar-refractivity contribution in [3.05, 3.63) is 30.5 Å². The van der Waals surface area contributed by atoms with Crippen molar-refractivity contribution in [1.82, 2.24) is 0 Å². The van der Waals surface area contributed by atoms with Crippen molar-refractivity contribution in [2.24, 2.45) is 17.8 Å². The van der Waals surface area contributed by atoms with Crippen molar-refractivity contribution in [1.29, 1.82) is 0 Å². The van der Waals surface area contributed by atoms with E-state index < -0.39 is 0 Å². The molecule has 0 aromatic carbocycles. The summed E-state index contributed by atoms with van der Waals surface area (Å²) in [6, 6.07) is 3.37. The van der Waals surface area contributed by atoms with E-state index in [4.69, 9.17) is 9.15 Å². The van der Waals surface area contributed by atoms with Gasteiger partial charge in [-0.3, -0.25) is 4.79 Å². The number of hydrogen-bond donors (Lipinski definition) is 0. The highest BCUT2D eigenvalue weighted by atomic mass is 16.6. The molecule has 3 nitrogen and oxygen atoms in total. The molecule has 3 heteroatoms. The smallest absolute Gasteiger partial charge is 0.317 e. The van der Waals surface area contributed by atoms with Crippen LogP contribution in [0.3, 0.4) is 0 Å². The third kappa shape index (κ3) is 1.48. The summed E-state index contributed by atoms with van der Waals surface area (Å²) in [5.41, 5.74) is 0. The van der Waals surface area contributed by atoms with Gasteiger partial charge in [0.15, 0.2) is 0 Å². The molecular formula is C12H12O3. The van der Waals surface area contributed by atoms with Crippen LogP contribution in [0.4, 0.5) is 0 Å². The summed E-state index contributed by atoms with van der Waals surface area (Å²) in [5.74, 6) is 1.15. The molecule has 1 saturated carbocycles. The lowest BCUT2D eigenvalue weighted by Crippen LogP contribution is -2.23. The van der Waals surface area contributed by atoms with Crippen LogP contribution in [0, 0.1) is 17.8 Å². The highest BCUT2D eigenvalue weighted by Gasteiger charge is 2.41. The van der Waals surface area contributed by atoms with E-state index in [1.165, 1.54) is 6.26 Å². The minimum absolute atomic E-state index is 0.0325. The molecule has 0 unspecified atom stereocenters. The third-order valence-corrected chi connectivity index (χ3v) is 3.28. The van der Waals surface area contributed by atoms with Gasteiger partial charge >= 0.3 is 5.97 Å². The molecule has 0 aliphatic heterocycles. The van der Waals surface area contributed by atoms with Crippen molar-refractivity contribution in [2.75, 3.05) is 0 Å². The Kier molecular flexibility index (Phi) is 1.91. The molecule has 2 aliphatic rings. The lowest BCUT2D eigenvalue weighted by molar-refractivity contribution is -0.141. The molecule has 3 rings (SSSR count). The van der Waals surface area contributed by atoms with Crippen LogP contribution in [0.2, 0.25) is 0 Å². The lowest BCUT2D eigenvalue weighted by Gasteiger charge is -2.14. The van der Waals surface area contributed by atoms with Gasteiger partial charge in [-0.2, -0.15) is 0 Å². The number of ether oxygens (including phenoxy) is 1. The second-order valence-corrected chi connectivity index (χ2v) is 4.24. The summed E-state index contributed by atoms with van der Waals surface area (Å²) in [6.07, 6.45) is 7.89. The summed E-state index contributed by atoms with van der Waals surface area (Å²) in [6.45, 7) is 0. The highest BCUT2D eigenvalue weighted by molar-refractivity contribution is 5.76. The Morgan fingerprint density at radius 2 is 2.33 bits per heavy atom. The quantitative estimate of drug-likeness (QED) is 0.548. The molecule has 1 heterocycles. The van der Waals surface area contributed by atoms with Crippen molar-refractivity contribution in [3.8, 4) is 5.95 Å². The molecule has 0 saturated heterocycles. The van der Waals surface area contributed by atoms with Gasteiger partial charge < -0.3 is 9.15 Å². The van der Waals surface area contributed by atoms with Gasteiger partial charge in [0, 0.05) is 6.07 Å². The predicted molar refractivity (Wildman–Crippen MR) is 53.2 cm³/mol. The molecule has 0 N–H and O–H groups in total. The van der Waals surface area contributed by atoms with Gasteiger partial charge in [-0.1, -0.05) is 12.2 Å². The molecule has 15 heavy (non-hydrogen) atoms. The van der Waals surface area contributed by atoms with E-state index in [0.717, 1.165) is 12.8 Å². The Morgan fingerprint density at radius 3 is 2.93 bits per heavy atom. The van der Waals surface area contributed by atoms with E-state index in [0.29, 0.717) is 17.8 Å². The summed E-state index contributed by atoms with van der Waals surface area (Å²) in [5, 5.41) is 0. The third-order valence-electron chi connectivity index (χ3n) is 3.28. The largest absolute Gasteiger partial charge is 0.434 e. The standard InChI is InChI=1S/C12H12O3/c13-12(15-11-2-1-5-14-11)10-7-8-3-4-9(10)6-8/h1-5,8-10H,6-7H2/t8-,9-,10+/m0/s1. The lowest BCUT2D eigenvalue weighted by atomic mass is 9.94. The van der Waals surface area contributed by atoms with Crippen LogP contribution in [-0.4, -0.2) is 5.97 Å². The van der Waals surface area contributed by atoms with Gasteiger partial charge in [0.2, 0.25) is 0 Å². The van der Waals surface area contributed by atoms with Gasteiger partial charge in [0.1, 0.15) is 0 Å². The second-order valence-electron chi connectivity index (χ2n) is 4.24. The summed E-state index contributed by atoms with van der Waals surface area (Å²) in [7, 11) is 0. The van der Waals surface area contributed by atoms with Crippen LogP contribution in [0.5, 0.6) is 5.95 Å². The number of carbonyl (C=O) groups is 1. The van der Waals surface area contributed by atoms with Crippen molar-refractivity contribution in [2.45, 2.75) is 12.8 Å². The predicted octanol–water partition coefficient (Wildman–Crippen LogP) is 2.40. The fourth-order valence-electron chi connectivity index (χ4n) is 2.55. The number of hydrogen-bond acceptors (Lipinski definition) is 3. The molecule has 2 bridgehead atoms. The number of furan rings is 1. The monoisotopic (exact) mass is 204 g/mol. The Morgan fingerprint density at radius 1 is 1.40 bits per heavy atom. The van der Waals surface area contributed by atoms with E-state index in [9.17, 15) is 4.79 Å². The first kappa shape index (κ1) is 8.77. The molecule has 0 spiro atoms. The molecule has 0 radical (unpaired) electrons. The Bertz CT molecular complexity index is 391. The number of fused-ring (bicyclic) bond motifs is 2. The molecule has 1 aromatic rings. The molecule has 3 atom stereocenters. The first-order chi connectivity index (χ1) is 7.33. The van der Waals surface area contributed by atoms with Crippen molar-refractivity contribution in [3.63, 3.8) is 0 Å². The Balaban J connectivity index is 1.68. The van der Waals surface area contributed by atoms with Crippen LogP contribution in [0.1, 0.15) is 12.8 Å². The van der Waals surface area contributed by atoms with Gasteiger partial charge in [0.05, 0.1) is 12.2 Å².